The van der Waals surface area contributed by atoms with Crippen molar-refractivity contribution < 1.29 is 19.5 Å². The van der Waals surface area contributed by atoms with Crippen LogP contribution in [0.15, 0.2) is 78.7 Å². The Bertz CT molecular complexity index is 1300. The predicted molar refractivity (Wildman–Crippen MR) is 120 cm³/mol. The van der Waals surface area contributed by atoms with Gasteiger partial charge in [0.05, 0.1) is 18.2 Å². The van der Waals surface area contributed by atoms with E-state index in [1.807, 2.05) is 48.7 Å². The van der Waals surface area contributed by atoms with Crippen LogP contribution >= 0.6 is 0 Å². The van der Waals surface area contributed by atoms with Crippen LogP contribution in [0, 0.1) is 0 Å². The molecular weight excluding hydrogens is 388 g/mol. The average Bonchev–Trinajstić information content (AvgIpc) is 3.33. The normalized spacial score (nSPS) is 15.3. The number of ketones is 1. The van der Waals surface area contributed by atoms with E-state index < -0.39 is 0 Å². The van der Waals surface area contributed by atoms with Crippen molar-refractivity contribution in [3.8, 4) is 11.5 Å². The topological polar surface area (TPSA) is 66.8 Å². The number of carbonyl (C=O) groups excluding carboxylic acids is 1. The van der Waals surface area contributed by atoms with E-state index in [1.165, 1.54) is 10.5 Å². The summed E-state index contributed by atoms with van der Waals surface area (Å²) in [6.07, 6.45) is 3.63. The molecule has 1 unspecified atom stereocenters. The van der Waals surface area contributed by atoms with Crippen LogP contribution in [0.5, 0.6) is 11.5 Å². The number of aromatic amines is 1. The molecule has 0 saturated heterocycles. The van der Waals surface area contributed by atoms with E-state index in [2.05, 4.69) is 24.2 Å². The van der Waals surface area contributed by atoms with Gasteiger partial charge in [0.2, 0.25) is 5.78 Å². The maximum absolute atomic E-state index is 13.0. The summed E-state index contributed by atoms with van der Waals surface area (Å²) in [5.74, 6) is 0.713. The van der Waals surface area contributed by atoms with Crippen molar-refractivity contribution >= 4 is 22.8 Å². The average molecular weight is 411 g/mol. The number of nitrogens with one attached hydrogen (secondary N) is 2. The van der Waals surface area contributed by atoms with Crippen molar-refractivity contribution in [2.45, 2.75) is 13.1 Å². The number of phenolic OH excluding ortho intramolecular Hbond substituents is 1. The maximum atomic E-state index is 13.0. The number of benzene rings is 3. The summed E-state index contributed by atoms with van der Waals surface area (Å²) in [4.78, 5) is 17.4. The molecule has 4 aromatic rings. The highest BCUT2D eigenvalue weighted by molar-refractivity contribution is 6.15. The van der Waals surface area contributed by atoms with E-state index >= 15 is 0 Å². The molecule has 0 radical (unpaired) electrons. The molecule has 5 rings (SSSR count). The van der Waals surface area contributed by atoms with Crippen LogP contribution in [-0.4, -0.2) is 22.9 Å². The first-order chi connectivity index (χ1) is 15.1. The van der Waals surface area contributed by atoms with Crippen molar-refractivity contribution in [3.05, 3.63) is 101 Å². The summed E-state index contributed by atoms with van der Waals surface area (Å²) in [5.41, 5.74) is 4.25. The van der Waals surface area contributed by atoms with Crippen LogP contribution < -0.4 is 9.64 Å². The Morgan fingerprint density at radius 2 is 1.77 bits per heavy atom. The monoisotopic (exact) mass is 411 g/mol. The van der Waals surface area contributed by atoms with Gasteiger partial charge >= 0.3 is 0 Å². The minimum absolute atomic E-state index is 0.146. The van der Waals surface area contributed by atoms with E-state index in [4.69, 9.17) is 4.74 Å². The molecule has 0 fully saturated rings. The Morgan fingerprint density at radius 1 is 1.00 bits per heavy atom. The molecule has 31 heavy (non-hydrogen) atoms. The molecule has 1 aliphatic heterocycles. The lowest BCUT2D eigenvalue weighted by Gasteiger charge is -2.16. The Kier molecular flexibility index (Phi) is 4.81. The molecule has 1 atom stereocenters. The molecule has 0 bridgehead atoms. The van der Waals surface area contributed by atoms with Crippen molar-refractivity contribution in [1.29, 1.82) is 0 Å². The highest BCUT2D eigenvalue weighted by Crippen LogP contribution is 2.39. The molecule has 5 heteroatoms. The number of Topliss-reactive ketones (excluding diaryl/α,β-unsaturated/α-hetero) is 1. The quantitative estimate of drug-likeness (QED) is 0.439. The molecule has 0 saturated carbocycles. The smallest absolute Gasteiger partial charge is 0.231 e. The van der Waals surface area contributed by atoms with Crippen molar-refractivity contribution in [2.24, 2.45) is 0 Å². The van der Waals surface area contributed by atoms with Crippen molar-refractivity contribution in [1.82, 2.24) is 4.98 Å². The van der Waals surface area contributed by atoms with Crippen LogP contribution in [-0.2, 0) is 13.1 Å². The minimum Gasteiger partial charge on any atom is -0.507 e. The molecule has 3 N–H and O–H groups in total. The number of hydrogen-bond donors (Lipinski definition) is 3. The third-order valence-electron chi connectivity index (χ3n) is 5.65. The molecule has 0 spiro atoms. The number of para-hydroxylation sites is 1. The van der Waals surface area contributed by atoms with Crippen molar-refractivity contribution in [3.63, 3.8) is 0 Å². The Labute approximate surface area is 180 Å². The third-order valence-corrected chi connectivity index (χ3v) is 5.65. The highest BCUT2D eigenvalue weighted by Gasteiger charge is 2.32. The van der Waals surface area contributed by atoms with E-state index in [1.54, 1.807) is 18.2 Å². The molecule has 1 aliphatic rings. The zero-order chi connectivity index (χ0) is 21.4. The zero-order valence-electron chi connectivity index (χ0n) is 17.2. The second-order valence-corrected chi connectivity index (χ2v) is 7.97. The number of phenols is 1. The van der Waals surface area contributed by atoms with Gasteiger partial charge in [-0.2, -0.15) is 0 Å². The number of aromatic nitrogens is 1. The number of hydrogen-bond acceptors (Lipinski definition) is 3. The van der Waals surface area contributed by atoms with Gasteiger partial charge in [0.15, 0.2) is 11.5 Å². The summed E-state index contributed by atoms with van der Waals surface area (Å²) in [5, 5.41) is 11.6. The SMILES string of the molecule is C[NH+](Cc1ccccc1)Cc1c(O)ccc2c1O/C(=C/c1c[nH]c3ccccc13)C2=O. The number of quaternary nitrogens is 1. The second-order valence-electron chi connectivity index (χ2n) is 7.97. The lowest BCUT2D eigenvalue weighted by Crippen LogP contribution is -3.06. The maximum Gasteiger partial charge on any atom is 0.231 e. The number of aromatic hydroxyl groups is 1. The van der Waals surface area contributed by atoms with Gasteiger partial charge in [0.1, 0.15) is 18.8 Å². The van der Waals surface area contributed by atoms with Gasteiger partial charge in [0.25, 0.3) is 0 Å². The highest BCUT2D eigenvalue weighted by atomic mass is 16.5. The fourth-order valence-electron chi connectivity index (χ4n) is 4.13. The molecule has 5 nitrogen and oxygen atoms in total. The van der Waals surface area contributed by atoms with Gasteiger partial charge < -0.3 is 19.7 Å². The lowest BCUT2D eigenvalue weighted by molar-refractivity contribution is -0.907. The molecule has 1 aromatic heterocycles. The van der Waals surface area contributed by atoms with E-state index in [0.29, 0.717) is 23.4 Å². The second kappa shape index (κ2) is 7.78. The summed E-state index contributed by atoms with van der Waals surface area (Å²) in [7, 11) is 2.06. The molecule has 0 amide bonds. The first kappa shape index (κ1) is 19.2. The van der Waals surface area contributed by atoms with Crippen LogP contribution in [0.1, 0.15) is 27.0 Å². The summed E-state index contributed by atoms with van der Waals surface area (Å²) in [6.45, 7) is 1.34. The van der Waals surface area contributed by atoms with Gasteiger partial charge in [-0.1, -0.05) is 48.5 Å². The van der Waals surface area contributed by atoms with Crippen molar-refractivity contribution in [2.75, 3.05) is 7.05 Å². The predicted octanol–water partition coefficient (Wildman–Crippen LogP) is 3.70. The molecule has 2 heterocycles. The fourth-order valence-corrected chi connectivity index (χ4v) is 4.13. The number of carbonyl (C=O) groups is 1. The Balaban J connectivity index is 1.45. The van der Waals surface area contributed by atoms with Gasteiger partial charge in [-0.15, -0.1) is 0 Å². The van der Waals surface area contributed by atoms with Gasteiger partial charge in [-0.3, -0.25) is 4.79 Å². The van der Waals surface area contributed by atoms with Crippen LogP contribution in [0.25, 0.3) is 17.0 Å². The number of ether oxygens (including phenoxy) is 1. The number of rotatable bonds is 5. The zero-order valence-corrected chi connectivity index (χ0v) is 17.2. The first-order valence-electron chi connectivity index (χ1n) is 10.3. The minimum atomic E-state index is -0.165. The molecule has 0 aliphatic carbocycles. The van der Waals surface area contributed by atoms with E-state index in [-0.39, 0.29) is 17.3 Å². The Hall–Kier alpha value is -3.83. The molecular formula is C26H23N2O3+. The number of H-pyrrole nitrogens is 1. The Morgan fingerprint density at radius 3 is 2.61 bits per heavy atom. The lowest BCUT2D eigenvalue weighted by atomic mass is 10.0. The number of fused-ring (bicyclic) bond motifs is 2. The first-order valence-corrected chi connectivity index (χ1v) is 10.3. The van der Waals surface area contributed by atoms with Gasteiger partial charge in [-0.25, -0.2) is 0 Å². The largest absolute Gasteiger partial charge is 0.507 e. The van der Waals surface area contributed by atoms with Crippen LogP contribution in [0.3, 0.4) is 0 Å². The van der Waals surface area contributed by atoms with E-state index in [9.17, 15) is 9.90 Å². The fraction of sp³-hybridized carbons (Fsp3) is 0.115. The van der Waals surface area contributed by atoms with Crippen LogP contribution in [0.2, 0.25) is 0 Å². The molecule has 154 valence electrons. The van der Waals surface area contributed by atoms with E-state index in [0.717, 1.165) is 23.0 Å². The summed E-state index contributed by atoms with van der Waals surface area (Å²) >= 11 is 0. The molecule has 3 aromatic carbocycles. The summed E-state index contributed by atoms with van der Waals surface area (Å²) < 4.78 is 6.03. The standard InChI is InChI=1S/C26H22N2O3/c1-28(15-17-7-3-2-4-8-17)16-21-23(29)12-11-20-25(30)24(31-26(20)21)13-18-14-27-22-10-6-5-9-19(18)22/h2-14,27,29H,15-16H2,1H3/p+1/b24-13+. The van der Waals surface area contributed by atoms with Gasteiger partial charge in [-0.05, 0) is 24.3 Å². The third kappa shape index (κ3) is 3.60. The van der Waals surface area contributed by atoms with Crippen LogP contribution in [0.4, 0.5) is 0 Å². The number of allylic oxidation sites excluding steroid dienone is 1. The van der Waals surface area contributed by atoms with Gasteiger partial charge in [0, 0.05) is 28.2 Å². The summed E-state index contributed by atoms with van der Waals surface area (Å²) in [6, 6.07) is 21.3.